The lowest BCUT2D eigenvalue weighted by Crippen LogP contribution is -1.89. The zero-order valence-electron chi connectivity index (χ0n) is 17.5. The smallest absolute Gasteiger partial charge is 0.107 e. The Morgan fingerprint density at radius 3 is 1.85 bits per heavy atom. The summed E-state index contributed by atoms with van der Waals surface area (Å²) < 4.78 is 0. The highest BCUT2D eigenvalue weighted by Crippen LogP contribution is 2.20. The Balaban J connectivity index is 1.48. The highest BCUT2D eigenvalue weighted by molar-refractivity contribution is 5.79. The molecule has 1 aromatic heterocycles. The van der Waals surface area contributed by atoms with Gasteiger partial charge in [0.05, 0.1) is 11.0 Å². The van der Waals surface area contributed by atoms with Crippen LogP contribution >= 0.6 is 0 Å². The van der Waals surface area contributed by atoms with E-state index >= 15 is 0 Å². The molecular formula is C24H40N2. The standard InChI is InChI=1S/C24H40N2/c1-4-5-6-7-8-9-10-11-12-13-14-15-16-17-23-25-22-19-18-20(2)21(3)24(22)26-23/h18-19H,4-17H2,1-3H3,(H,25,26). The molecule has 1 aromatic carbocycles. The van der Waals surface area contributed by atoms with Gasteiger partial charge < -0.3 is 4.98 Å². The van der Waals surface area contributed by atoms with Gasteiger partial charge >= 0.3 is 0 Å². The number of aryl methyl sites for hydroxylation is 3. The van der Waals surface area contributed by atoms with E-state index < -0.39 is 0 Å². The molecule has 0 saturated heterocycles. The van der Waals surface area contributed by atoms with Gasteiger partial charge in [-0.3, -0.25) is 0 Å². The van der Waals surface area contributed by atoms with E-state index in [2.05, 4.69) is 37.9 Å². The Morgan fingerprint density at radius 2 is 1.27 bits per heavy atom. The highest BCUT2D eigenvalue weighted by Gasteiger charge is 2.06. The van der Waals surface area contributed by atoms with Gasteiger partial charge in [0.1, 0.15) is 5.82 Å². The number of imidazole rings is 1. The van der Waals surface area contributed by atoms with E-state index in [0.29, 0.717) is 0 Å². The van der Waals surface area contributed by atoms with Crippen LogP contribution in [0.25, 0.3) is 11.0 Å². The second-order valence-corrected chi connectivity index (χ2v) is 8.08. The summed E-state index contributed by atoms with van der Waals surface area (Å²) in [5, 5.41) is 0. The van der Waals surface area contributed by atoms with Gasteiger partial charge in [0.25, 0.3) is 0 Å². The minimum Gasteiger partial charge on any atom is -0.342 e. The molecule has 0 radical (unpaired) electrons. The number of aromatic nitrogens is 2. The first kappa shape index (κ1) is 21.0. The Labute approximate surface area is 161 Å². The third-order valence-electron chi connectivity index (χ3n) is 5.74. The first-order chi connectivity index (χ1) is 12.7. The van der Waals surface area contributed by atoms with Crippen LogP contribution in [-0.2, 0) is 6.42 Å². The van der Waals surface area contributed by atoms with Crippen LogP contribution < -0.4 is 0 Å². The van der Waals surface area contributed by atoms with Crippen LogP contribution in [0.15, 0.2) is 12.1 Å². The third kappa shape index (κ3) is 7.13. The molecule has 26 heavy (non-hydrogen) atoms. The van der Waals surface area contributed by atoms with Gasteiger partial charge in [0.15, 0.2) is 0 Å². The quantitative estimate of drug-likeness (QED) is 0.343. The fourth-order valence-corrected chi connectivity index (χ4v) is 3.79. The first-order valence-corrected chi connectivity index (χ1v) is 11.2. The number of fused-ring (bicyclic) bond motifs is 1. The van der Waals surface area contributed by atoms with Crippen molar-refractivity contribution in [1.29, 1.82) is 0 Å². The summed E-state index contributed by atoms with van der Waals surface area (Å²) in [6.07, 6.45) is 19.4. The second kappa shape index (κ2) is 12.1. The van der Waals surface area contributed by atoms with Crippen molar-refractivity contribution >= 4 is 11.0 Å². The van der Waals surface area contributed by atoms with Crippen molar-refractivity contribution < 1.29 is 0 Å². The van der Waals surface area contributed by atoms with Gasteiger partial charge in [0, 0.05) is 6.42 Å². The molecule has 2 aromatic rings. The lowest BCUT2D eigenvalue weighted by atomic mass is 10.0. The van der Waals surface area contributed by atoms with E-state index in [1.165, 1.54) is 100 Å². The molecule has 0 aliphatic rings. The molecule has 0 atom stereocenters. The molecule has 1 heterocycles. The van der Waals surface area contributed by atoms with Crippen molar-refractivity contribution in [3.63, 3.8) is 0 Å². The van der Waals surface area contributed by atoms with Crippen molar-refractivity contribution in [2.45, 2.75) is 111 Å². The largest absolute Gasteiger partial charge is 0.342 e. The number of rotatable bonds is 14. The van der Waals surface area contributed by atoms with Crippen LogP contribution in [0.3, 0.4) is 0 Å². The fourth-order valence-electron chi connectivity index (χ4n) is 3.79. The Hall–Kier alpha value is -1.31. The van der Waals surface area contributed by atoms with Crippen molar-refractivity contribution in [1.82, 2.24) is 9.97 Å². The van der Waals surface area contributed by atoms with Gasteiger partial charge in [0.2, 0.25) is 0 Å². The second-order valence-electron chi connectivity index (χ2n) is 8.08. The average Bonchev–Trinajstić information content (AvgIpc) is 3.06. The fraction of sp³-hybridized carbons (Fsp3) is 0.708. The molecule has 0 bridgehead atoms. The zero-order valence-corrected chi connectivity index (χ0v) is 17.5. The van der Waals surface area contributed by atoms with Gasteiger partial charge in [-0.25, -0.2) is 4.98 Å². The van der Waals surface area contributed by atoms with Gasteiger partial charge in [-0.15, -0.1) is 0 Å². The first-order valence-electron chi connectivity index (χ1n) is 11.2. The minimum absolute atomic E-state index is 1.09. The molecule has 2 rings (SSSR count). The maximum Gasteiger partial charge on any atom is 0.107 e. The van der Waals surface area contributed by atoms with Crippen LogP contribution in [0, 0.1) is 13.8 Å². The summed E-state index contributed by atoms with van der Waals surface area (Å²) in [5.41, 5.74) is 5.00. The topological polar surface area (TPSA) is 28.7 Å². The molecule has 0 spiro atoms. The molecule has 0 amide bonds. The predicted octanol–water partition coefficient (Wildman–Crippen LogP) is 7.81. The van der Waals surface area contributed by atoms with Crippen molar-refractivity contribution in [3.05, 3.63) is 29.1 Å². The minimum atomic E-state index is 1.09. The lowest BCUT2D eigenvalue weighted by molar-refractivity contribution is 0.538. The number of nitrogens with zero attached hydrogens (tertiary/aromatic N) is 1. The SMILES string of the molecule is CCCCCCCCCCCCCCCc1nc2c(C)c(C)ccc2[nH]1. The van der Waals surface area contributed by atoms with Crippen LogP contribution in [0.2, 0.25) is 0 Å². The Bertz CT molecular complexity index is 626. The summed E-state index contributed by atoms with van der Waals surface area (Å²) >= 11 is 0. The van der Waals surface area contributed by atoms with Crippen molar-refractivity contribution in [3.8, 4) is 0 Å². The van der Waals surface area contributed by atoms with E-state index in [1.807, 2.05) is 0 Å². The van der Waals surface area contributed by atoms with Gasteiger partial charge in [-0.05, 0) is 37.5 Å². The third-order valence-corrected chi connectivity index (χ3v) is 5.74. The number of hydrogen-bond donors (Lipinski definition) is 1. The molecule has 2 nitrogen and oxygen atoms in total. The number of hydrogen-bond acceptors (Lipinski definition) is 1. The normalized spacial score (nSPS) is 11.5. The number of nitrogens with one attached hydrogen (secondary N) is 1. The molecule has 1 N–H and O–H groups in total. The molecular weight excluding hydrogens is 316 g/mol. The van der Waals surface area contributed by atoms with E-state index in [4.69, 9.17) is 4.98 Å². The van der Waals surface area contributed by atoms with Crippen LogP contribution in [0.1, 0.15) is 107 Å². The number of aromatic amines is 1. The summed E-state index contributed by atoms with van der Waals surface area (Å²) in [4.78, 5) is 8.31. The molecule has 2 heteroatoms. The molecule has 0 aliphatic carbocycles. The summed E-state index contributed by atoms with van der Waals surface area (Å²) in [6, 6.07) is 4.35. The average molecular weight is 357 g/mol. The Morgan fingerprint density at radius 1 is 0.731 bits per heavy atom. The monoisotopic (exact) mass is 356 g/mol. The summed E-state index contributed by atoms with van der Waals surface area (Å²) in [6.45, 7) is 6.63. The van der Waals surface area contributed by atoms with Gasteiger partial charge in [-0.1, -0.05) is 90.0 Å². The van der Waals surface area contributed by atoms with E-state index in [-0.39, 0.29) is 0 Å². The Kier molecular flexibility index (Phi) is 9.81. The molecule has 0 saturated carbocycles. The summed E-state index contributed by atoms with van der Waals surface area (Å²) in [5.74, 6) is 1.16. The summed E-state index contributed by atoms with van der Waals surface area (Å²) in [7, 11) is 0. The van der Waals surface area contributed by atoms with Crippen LogP contribution in [0.4, 0.5) is 0 Å². The van der Waals surface area contributed by atoms with E-state index in [9.17, 15) is 0 Å². The maximum atomic E-state index is 4.81. The van der Waals surface area contributed by atoms with E-state index in [0.717, 1.165) is 17.8 Å². The van der Waals surface area contributed by atoms with Crippen molar-refractivity contribution in [2.75, 3.05) is 0 Å². The van der Waals surface area contributed by atoms with Crippen molar-refractivity contribution in [2.24, 2.45) is 0 Å². The number of H-pyrrole nitrogens is 1. The predicted molar refractivity (Wildman–Crippen MR) is 115 cm³/mol. The zero-order chi connectivity index (χ0) is 18.6. The molecule has 146 valence electrons. The lowest BCUT2D eigenvalue weighted by Gasteiger charge is -2.02. The molecule has 0 fully saturated rings. The molecule has 0 aliphatic heterocycles. The van der Waals surface area contributed by atoms with E-state index in [1.54, 1.807) is 0 Å². The maximum absolute atomic E-state index is 4.81. The van der Waals surface area contributed by atoms with Crippen LogP contribution in [0.5, 0.6) is 0 Å². The number of benzene rings is 1. The molecule has 0 unspecified atom stereocenters. The van der Waals surface area contributed by atoms with Gasteiger partial charge in [-0.2, -0.15) is 0 Å². The number of unbranched alkanes of at least 4 members (excludes halogenated alkanes) is 12. The highest BCUT2D eigenvalue weighted by atomic mass is 14.9. The van der Waals surface area contributed by atoms with Crippen LogP contribution in [-0.4, -0.2) is 9.97 Å².